The Hall–Kier alpha value is -1.46. The fourth-order valence-electron chi connectivity index (χ4n) is 2.78. The maximum atomic E-state index is 13.0. The lowest BCUT2D eigenvalue weighted by Gasteiger charge is -2.48. The quantitative estimate of drug-likeness (QED) is 0.858. The van der Waals surface area contributed by atoms with E-state index in [1.807, 2.05) is 4.90 Å². The van der Waals surface area contributed by atoms with Gasteiger partial charge in [0, 0.05) is 24.3 Å². The highest BCUT2D eigenvalue weighted by molar-refractivity contribution is 5.92. The van der Waals surface area contributed by atoms with E-state index in [-0.39, 0.29) is 17.3 Å². The summed E-state index contributed by atoms with van der Waals surface area (Å²) in [6, 6.07) is 5.91. The Morgan fingerprint density at radius 2 is 2.21 bits per heavy atom. The van der Waals surface area contributed by atoms with Gasteiger partial charge in [0.15, 0.2) is 0 Å². The standard InChI is InChI=1S/C14H18FN3O/c15-11-2-1-3-12(6-11)17-13(19)7-18-8-14(16,9-18)10-4-5-10/h1-3,6,10H,4-5,7-9,16H2,(H,17,19). The number of nitrogens with two attached hydrogens (primary N) is 1. The number of benzene rings is 1. The van der Waals surface area contributed by atoms with E-state index in [0.29, 0.717) is 18.2 Å². The van der Waals surface area contributed by atoms with E-state index >= 15 is 0 Å². The molecule has 19 heavy (non-hydrogen) atoms. The lowest BCUT2D eigenvalue weighted by Crippen LogP contribution is -2.69. The third-order valence-corrected chi connectivity index (χ3v) is 3.90. The third-order valence-electron chi connectivity index (χ3n) is 3.90. The van der Waals surface area contributed by atoms with Crippen molar-refractivity contribution in [3.8, 4) is 0 Å². The number of amides is 1. The average molecular weight is 263 g/mol. The number of carbonyl (C=O) groups is 1. The number of hydrogen-bond donors (Lipinski definition) is 2. The highest BCUT2D eigenvalue weighted by Crippen LogP contribution is 2.42. The van der Waals surface area contributed by atoms with E-state index in [1.54, 1.807) is 12.1 Å². The minimum Gasteiger partial charge on any atom is -0.325 e. The Morgan fingerprint density at radius 3 is 2.84 bits per heavy atom. The summed E-state index contributed by atoms with van der Waals surface area (Å²) in [6.07, 6.45) is 2.44. The molecule has 4 nitrogen and oxygen atoms in total. The second-order valence-electron chi connectivity index (χ2n) is 5.71. The summed E-state index contributed by atoms with van der Waals surface area (Å²) in [5.41, 5.74) is 6.65. The van der Waals surface area contributed by atoms with Gasteiger partial charge in [0.25, 0.3) is 0 Å². The van der Waals surface area contributed by atoms with Gasteiger partial charge in [0.1, 0.15) is 5.82 Å². The van der Waals surface area contributed by atoms with E-state index in [4.69, 9.17) is 5.73 Å². The van der Waals surface area contributed by atoms with Crippen LogP contribution in [0.3, 0.4) is 0 Å². The lowest BCUT2D eigenvalue weighted by molar-refractivity contribution is -0.119. The second-order valence-corrected chi connectivity index (χ2v) is 5.71. The molecule has 1 aliphatic heterocycles. The molecule has 3 rings (SSSR count). The molecule has 1 aromatic rings. The first kappa shape index (κ1) is 12.6. The molecular formula is C14H18FN3O. The number of likely N-dealkylation sites (tertiary alicyclic amines) is 1. The Kier molecular flexibility index (Phi) is 3.03. The summed E-state index contributed by atoms with van der Waals surface area (Å²) in [7, 11) is 0. The zero-order chi connectivity index (χ0) is 13.5. The predicted molar refractivity (Wildman–Crippen MR) is 71.1 cm³/mol. The topological polar surface area (TPSA) is 58.4 Å². The molecular weight excluding hydrogens is 245 g/mol. The van der Waals surface area contributed by atoms with Crippen LogP contribution in [-0.2, 0) is 4.79 Å². The van der Waals surface area contributed by atoms with E-state index in [2.05, 4.69) is 5.32 Å². The molecule has 0 atom stereocenters. The van der Waals surface area contributed by atoms with Crippen LogP contribution in [0.5, 0.6) is 0 Å². The SMILES string of the molecule is NC1(C2CC2)CN(CC(=O)Nc2cccc(F)c2)C1. The number of nitrogens with one attached hydrogen (secondary N) is 1. The molecule has 1 aliphatic carbocycles. The van der Waals surface area contributed by atoms with Gasteiger partial charge < -0.3 is 11.1 Å². The summed E-state index contributed by atoms with van der Waals surface area (Å²) in [6.45, 7) is 1.89. The molecule has 5 heteroatoms. The van der Waals surface area contributed by atoms with Crippen molar-refractivity contribution in [3.05, 3.63) is 30.1 Å². The molecule has 0 unspecified atom stereocenters. The van der Waals surface area contributed by atoms with Crippen molar-refractivity contribution in [2.24, 2.45) is 11.7 Å². The van der Waals surface area contributed by atoms with Gasteiger partial charge in [0.2, 0.25) is 5.91 Å². The predicted octanol–water partition coefficient (Wildman–Crippen LogP) is 1.19. The van der Waals surface area contributed by atoms with Gasteiger partial charge in [0.05, 0.1) is 6.54 Å². The molecule has 1 saturated heterocycles. The van der Waals surface area contributed by atoms with Crippen LogP contribution < -0.4 is 11.1 Å². The van der Waals surface area contributed by atoms with Gasteiger partial charge in [-0.05, 0) is 37.0 Å². The highest BCUT2D eigenvalue weighted by Gasteiger charge is 2.50. The molecule has 2 aliphatic rings. The Labute approximate surface area is 111 Å². The van der Waals surface area contributed by atoms with E-state index in [1.165, 1.54) is 25.0 Å². The largest absolute Gasteiger partial charge is 0.325 e. The molecule has 1 amide bonds. The monoisotopic (exact) mass is 263 g/mol. The number of nitrogens with zero attached hydrogens (tertiary/aromatic N) is 1. The summed E-state index contributed by atoms with van der Waals surface area (Å²) in [4.78, 5) is 13.8. The van der Waals surface area contributed by atoms with Crippen LogP contribution in [0.4, 0.5) is 10.1 Å². The molecule has 1 heterocycles. The molecule has 0 bridgehead atoms. The van der Waals surface area contributed by atoms with Gasteiger partial charge in [-0.3, -0.25) is 9.69 Å². The summed E-state index contributed by atoms with van der Waals surface area (Å²) in [5, 5.41) is 2.69. The lowest BCUT2D eigenvalue weighted by atomic mass is 9.86. The van der Waals surface area contributed by atoms with E-state index < -0.39 is 0 Å². The van der Waals surface area contributed by atoms with Crippen LogP contribution in [0, 0.1) is 11.7 Å². The van der Waals surface area contributed by atoms with Crippen LogP contribution in [-0.4, -0.2) is 36.0 Å². The zero-order valence-corrected chi connectivity index (χ0v) is 10.7. The number of carbonyl (C=O) groups excluding carboxylic acids is 1. The van der Waals surface area contributed by atoms with E-state index in [9.17, 15) is 9.18 Å². The molecule has 0 spiro atoms. The van der Waals surface area contributed by atoms with Crippen molar-refractivity contribution < 1.29 is 9.18 Å². The van der Waals surface area contributed by atoms with Crippen LogP contribution in [0.25, 0.3) is 0 Å². The van der Waals surface area contributed by atoms with Crippen molar-refractivity contribution >= 4 is 11.6 Å². The number of anilines is 1. The van der Waals surface area contributed by atoms with Crippen LogP contribution in [0.15, 0.2) is 24.3 Å². The van der Waals surface area contributed by atoms with Gasteiger partial charge in [-0.2, -0.15) is 0 Å². The van der Waals surface area contributed by atoms with Crippen LogP contribution in [0.2, 0.25) is 0 Å². The molecule has 0 aromatic heterocycles. The Bertz CT molecular complexity index is 495. The van der Waals surface area contributed by atoms with Crippen molar-refractivity contribution in [2.45, 2.75) is 18.4 Å². The average Bonchev–Trinajstić information content (AvgIpc) is 3.10. The van der Waals surface area contributed by atoms with Crippen molar-refractivity contribution in [3.63, 3.8) is 0 Å². The van der Waals surface area contributed by atoms with Gasteiger partial charge in [-0.25, -0.2) is 4.39 Å². The van der Waals surface area contributed by atoms with E-state index in [0.717, 1.165) is 13.1 Å². The maximum absolute atomic E-state index is 13.0. The minimum absolute atomic E-state index is 0.0703. The first-order chi connectivity index (χ1) is 9.05. The van der Waals surface area contributed by atoms with Crippen LogP contribution in [0.1, 0.15) is 12.8 Å². The number of rotatable bonds is 4. The summed E-state index contributed by atoms with van der Waals surface area (Å²) < 4.78 is 13.0. The Morgan fingerprint density at radius 1 is 1.47 bits per heavy atom. The van der Waals surface area contributed by atoms with Gasteiger partial charge in [-0.1, -0.05) is 6.07 Å². The fourth-order valence-corrected chi connectivity index (χ4v) is 2.78. The highest BCUT2D eigenvalue weighted by atomic mass is 19.1. The third kappa shape index (κ3) is 2.77. The van der Waals surface area contributed by atoms with Crippen molar-refractivity contribution in [2.75, 3.05) is 25.0 Å². The first-order valence-corrected chi connectivity index (χ1v) is 6.62. The summed E-state index contributed by atoms with van der Waals surface area (Å²) in [5.74, 6) is 0.176. The molecule has 0 radical (unpaired) electrons. The fraction of sp³-hybridized carbons (Fsp3) is 0.500. The zero-order valence-electron chi connectivity index (χ0n) is 10.7. The smallest absolute Gasteiger partial charge is 0.238 e. The van der Waals surface area contributed by atoms with Crippen molar-refractivity contribution in [1.29, 1.82) is 0 Å². The van der Waals surface area contributed by atoms with Gasteiger partial charge in [-0.15, -0.1) is 0 Å². The maximum Gasteiger partial charge on any atom is 0.238 e. The van der Waals surface area contributed by atoms with Gasteiger partial charge >= 0.3 is 0 Å². The first-order valence-electron chi connectivity index (χ1n) is 6.62. The normalized spacial score (nSPS) is 21.8. The second kappa shape index (κ2) is 4.58. The number of halogens is 1. The molecule has 1 aromatic carbocycles. The minimum atomic E-state index is -0.351. The molecule has 3 N–H and O–H groups in total. The van der Waals surface area contributed by atoms with Crippen LogP contribution >= 0.6 is 0 Å². The summed E-state index contributed by atoms with van der Waals surface area (Å²) >= 11 is 0. The number of hydrogen-bond acceptors (Lipinski definition) is 3. The molecule has 1 saturated carbocycles. The molecule has 2 fully saturated rings. The van der Waals surface area contributed by atoms with Crippen molar-refractivity contribution in [1.82, 2.24) is 4.90 Å². The Balaban J connectivity index is 1.47. The molecule has 102 valence electrons.